The normalized spacial score (nSPS) is 12.2. The minimum absolute atomic E-state index is 0.205. The van der Waals surface area contributed by atoms with Crippen molar-refractivity contribution < 1.29 is 8.42 Å². The van der Waals surface area contributed by atoms with Crippen LogP contribution in [0, 0.1) is 6.92 Å². The second-order valence-electron chi connectivity index (χ2n) is 4.75. The molecule has 0 radical (unpaired) electrons. The number of sulfonamides is 1. The summed E-state index contributed by atoms with van der Waals surface area (Å²) in [4.78, 5) is 4.44. The van der Waals surface area contributed by atoms with Crippen molar-refractivity contribution in [2.45, 2.75) is 18.7 Å². The second kappa shape index (κ2) is 6.94. The summed E-state index contributed by atoms with van der Waals surface area (Å²) in [7, 11) is -3.67. The van der Waals surface area contributed by atoms with Crippen molar-refractivity contribution in [1.29, 1.82) is 0 Å². The summed E-state index contributed by atoms with van der Waals surface area (Å²) < 4.78 is 27.4. The zero-order chi connectivity index (χ0) is 16.2. The Bertz CT molecular complexity index is 767. The van der Waals surface area contributed by atoms with Gasteiger partial charge in [0.15, 0.2) is 0 Å². The fourth-order valence-corrected chi connectivity index (χ4v) is 3.03. The molecule has 0 heterocycles. The molecule has 0 spiro atoms. The first kappa shape index (κ1) is 16.5. The molecule has 2 aromatic rings. The maximum absolute atomic E-state index is 12.5. The molecule has 0 atom stereocenters. The highest BCUT2D eigenvalue weighted by Gasteiger charge is 2.17. The summed E-state index contributed by atoms with van der Waals surface area (Å²) in [5, 5.41) is 0.584. The molecule has 0 bridgehead atoms. The van der Waals surface area contributed by atoms with E-state index in [2.05, 4.69) is 9.71 Å². The largest absolute Gasteiger partial charge is 0.268 e. The summed E-state index contributed by atoms with van der Waals surface area (Å²) >= 11 is 5.86. The number of nitrogens with zero attached hydrogens (tertiary/aromatic N) is 1. The summed E-state index contributed by atoms with van der Waals surface area (Å²) in [6.45, 7) is 4.21. The van der Waals surface area contributed by atoms with E-state index in [0.29, 0.717) is 23.0 Å². The Morgan fingerprint density at radius 2 is 1.68 bits per heavy atom. The molecular weight excluding hydrogens is 320 g/mol. The highest BCUT2D eigenvalue weighted by molar-refractivity contribution is 7.90. The van der Waals surface area contributed by atoms with Crippen molar-refractivity contribution in [2.75, 3.05) is 6.54 Å². The highest BCUT2D eigenvalue weighted by Crippen LogP contribution is 2.13. The van der Waals surface area contributed by atoms with Crippen molar-refractivity contribution in [3.8, 4) is 0 Å². The van der Waals surface area contributed by atoms with E-state index in [1.807, 2.05) is 13.8 Å². The van der Waals surface area contributed by atoms with Gasteiger partial charge in [0.1, 0.15) is 5.84 Å². The molecular formula is C16H17ClN2O2S. The highest BCUT2D eigenvalue weighted by atomic mass is 35.5. The zero-order valence-electron chi connectivity index (χ0n) is 12.4. The van der Waals surface area contributed by atoms with E-state index >= 15 is 0 Å². The average Bonchev–Trinajstić information content (AvgIpc) is 2.48. The van der Waals surface area contributed by atoms with Gasteiger partial charge in [-0.25, -0.2) is 8.42 Å². The topological polar surface area (TPSA) is 58.5 Å². The summed E-state index contributed by atoms with van der Waals surface area (Å²) in [6, 6.07) is 13.5. The van der Waals surface area contributed by atoms with Gasteiger partial charge in [-0.15, -0.1) is 0 Å². The number of aryl methyl sites for hydroxylation is 1. The number of rotatable bonds is 4. The SMILES string of the molecule is CCN=C(NS(=O)(=O)c1ccc(C)cc1)c1ccc(Cl)cc1. The molecule has 0 amide bonds. The molecule has 2 aromatic carbocycles. The van der Waals surface area contributed by atoms with Gasteiger partial charge in [0.2, 0.25) is 0 Å². The Morgan fingerprint density at radius 1 is 1.09 bits per heavy atom. The second-order valence-corrected chi connectivity index (χ2v) is 6.87. The molecule has 0 saturated heterocycles. The van der Waals surface area contributed by atoms with Crippen molar-refractivity contribution in [2.24, 2.45) is 4.99 Å². The van der Waals surface area contributed by atoms with Gasteiger partial charge in [-0.2, -0.15) is 0 Å². The molecule has 0 saturated carbocycles. The van der Waals surface area contributed by atoms with Crippen LogP contribution < -0.4 is 4.72 Å². The molecule has 0 aliphatic carbocycles. The minimum Gasteiger partial charge on any atom is -0.268 e. The van der Waals surface area contributed by atoms with Crippen LogP contribution in [0.1, 0.15) is 18.1 Å². The lowest BCUT2D eigenvalue weighted by molar-refractivity contribution is 0.592. The molecule has 0 aliphatic rings. The summed E-state index contributed by atoms with van der Waals surface area (Å²) in [5.74, 6) is 0.305. The zero-order valence-corrected chi connectivity index (χ0v) is 13.9. The average molecular weight is 337 g/mol. The predicted molar refractivity (Wildman–Crippen MR) is 90.0 cm³/mol. The standard InChI is InChI=1S/C16H17ClN2O2S/c1-3-18-16(13-6-8-14(17)9-7-13)19-22(20,21)15-10-4-12(2)5-11-15/h4-11H,3H2,1-2H3,(H,18,19). The number of nitrogens with one attached hydrogen (secondary N) is 1. The van der Waals surface area contributed by atoms with Gasteiger partial charge in [-0.05, 0) is 50.2 Å². The molecule has 2 rings (SSSR count). The van der Waals surface area contributed by atoms with Gasteiger partial charge in [0.05, 0.1) is 4.90 Å². The molecule has 0 aliphatic heterocycles. The Morgan fingerprint density at radius 3 is 2.23 bits per heavy atom. The molecule has 22 heavy (non-hydrogen) atoms. The van der Waals surface area contributed by atoms with Crippen LogP contribution >= 0.6 is 11.6 Å². The number of aliphatic imine (C=N–C) groups is 1. The van der Waals surface area contributed by atoms with Crippen LogP contribution in [-0.2, 0) is 10.0 Å². The predicted octanol–water partition coefficient (Wildman–Crippen LogP) is 3.39. The fourth-order valence-electron chi connectivity index (χ4n) is 1.85. The van der Waals surface area contributed by atoms with E-state index in [-0.39, 0.29) is 4.90 Å². The van der Waals surface area contributed by atoms with Gasteiger partial charge < -0.3 is 0 Å². The molecule has 116 valence electrons. The van der Waals surface area contributed by atoms with Crippen LogP contribution in [0.25, 0.3) is 0 Å². The smallest absolute Gasteiger partial charge is 0.263 e. The van der Waals surface area contributed by atoms with Crippen molar-refractivity contribution >= 4 is 27.5 Å². The van der Waals surface area contributed by atoms with E-state index in [1.54, 1.807) is 48.5 Å². The maximum Gasteiger partial charge on any atom is 0.263 e. The number of amidine groups is 1. The fraction of sp³-hybridized carbons (Fsp3) is 0.188. The van der Waals surface area contributed by atoms with E-state index in [0.717, 1.165) is 5.56 Å². The monoisotopic (exact) mass is 336 g/mol. The molecule has 4 nitrogen and oxygen atoms in total. The van der Waals surface area contributed by atoms with E-state index in [4.69, 9.17) is 11.6 Å². The number of hydrogen-bond donors (Lipinski definition) is 1. The van der Waals surface area contributed by atoms with E-state index in [9.17, 15) is 8.42 Å². The van der Waals surface area contributed by atoms with Crippen LogP contribution in [0.15, 0.2) is 58.4 Å². The Labute approximate surface area is 135 Å². The van der Waals surface area contributed by atoms with Gasteiger partial charge in [-0.1, -0.05) is 29.3 Å². The van der Waals surface area contributed by atoms with Crippen molar-refractivity contribution in [3.05, 3.63) is 64.7 Å². The third-order valence-electron chi connectivity index (χ3n) is 3.00. The van der Waals surface area contributed by atoms with Crippen LogP contribution in [0.3, 0.4) is 0 Å². The van der Waals surface area contributed by atoms with Gasteiger partial charge >= 0.3 is 0 Å². The third-order valence-corrected chi connectivity index (χ3v) is 4.60. The third kappa shape index (κ3) is 4.08. The number of benzene rings is 2. The number of hydrogen-bond acceptors (Lipinski definition) is 3. The Kier molecular flexibility index (Phi) is 5.21. The van der Waals surface area contributed by atoms with E-state index in [1.165, 1.54) is 0 Å². The summed E-state index contributed by atoms with van der Waals surface area (Å²) in [5.41, 5.74) is 1.67. The Balaban J connectivity index is 2.33. The first-order valence-electron chi connectivity index (χ1n) is 6.82. The molecule has 0 unspecified atom stereocenters. The lowest BCUT2D eigenvalue weighted by Gasteiger charge is -2.11. The number of halogens is 1. The quantitative estimate of drug-likeness (QED) is 0.687. The van der Waals surface area contributed by atoms with Crippen molar-refractivity contribution in [3.63, 3.8) is 0 Å². The van der Waals surface area contributed by atoms with Crippen LogP contribution in [0.4, 0.5) is 0 Å². The van der Waals surface area contributed by atoms with Gasteiger partial charge in [0, 0.05) is 17.1 Å². The van der Waals surface area contributed by atoms with Crippen molar-refractivity contribution in [1.82, 2.24) is 4.72 Å². The first-order chi connectivity index (χ1) is 10.4. The molecule has 0 fully saturated rings. The Hall–Kier alpha value is -1.85. The lowest BCUT2D eigenvalue weighted by atomic mass is 10.2. The van der Waals surface area contributed by atoms with Gasteiger partial charge in [-0.3, -0.25) is 9.71 Å². The lowest BCUT2D eigenvalue weighted by Crippen LogP contribution is -2.31. The molecule has 0 aromatic heterocycles. The van der Waals surface area contributed by atoms with Crippen LogP contribution in [0.2, 0.25) is 5.02 Å². The maximum atomic E-state index is 12.5. The van der Waals surface area contributed by atoms with Crippen LogP contribution in [-0.4, -0.2) is 20.8 Å². The minimum atomic E-state index is -3.67. The summed E-state index contributed by atoms with van der Waals surface area (Å²) in [6.07, 6.45) is 0. The van der Waals surface area contributed by atoms with Crippen LogP contribution in [0.5, 0.6) is 0 Å². The van der Waals surface area contributed by atoms with Gasteiger partial charge in [0.25, 0.3) is 10.0 Å². The van der Waals surface area contributed by atoms with E-state index < -0.39 is 10.0 Å². The molecule has 6 heteroatoms. The molecule has 1 N–H and O–H groups in total. The first-order valence-corrected chi connectivity index (χ1v) is 8.68.